The predicted molar refractivity (Wildman–Crippen MR) is 159 cm³/mol. The first-order valence-electron chi connectivity index (χ1n) is 13.6. The fourth-order valence-electron chi connectivity index (χ4n) is 4.00. The maximum absolute atomic E-state index is 12.3. The standard InChI is InChI=1S/C35H38O5/c1-34(2,39-23-27-15-19-31(20-16-27)29-11-7-5-8-12-29)25-37-33(36)38-26-35(3,4)40-24-28-17-21-32(22-18-28)30-13-9-6-10-14-30/h5-22H,23-26H2,1-4H3. The van der Waals surface area contributed by atoms with Gasteiger partial charge in [0.1, 0.15) is 13.2 Å². The molecule has 0 heterocycles. The molecule has 0 N–H and O–H groups in total. The molecule has 0 amide bonds. The Balaban J connectivity index is 1.16. The van der Waals surface area contributed by atoms with Gasteiger partial charge >= 0.3 is 6.16 Å². The molecule has 5 heteroatoms. The van der Waals surface area contributed by atoms with Gasteiger partial charge in [-0.05, 0) is 61.1 Å². The number of ether oxygens (including phenoxy) is 4. The highest BCUT2D eigenvalue weighted by atomic mass is 16.7. The molecule has 208 valence electrons. The number of carbonyl (C=O) groups is 1. The third-order valence-electron chi connectivity index (χ3n) is 6.46. The van der Waals surface area contributed by atoms with Gasteiger partial charge in [-0.2, -0.15) is 0 Å². The Morgan fingerprint density at radius 2 is 0.825 bits per heavy atom. The van der Waals surface area contributed by atoms with Gasteiger partial charge in [-0.3, -0.25) is 0 Å². The van der Waals surface area contributed by atoms with Crippen molar-refractivity contribution in [2.75, 3.05) is 13.2 Å². The van der Waals surface area contributed by atoms with Crippen LogP contribution in [0.25, 0.3) is 22.3 Å². The second-order valence-corrected chi connectivity index (χ2v) is 11.0. The summed E-state index contributed by atoms with van der Waals surface area (Å²) < 4.78 is 22.7. The van der Waals surface area contributed by atoms with Crippen LogP contribution in [0.1, 0.15) is 38.8 Å². The maximum Gasteiger partial charge on any atom is 0.508 e. The first-order valence-corrected chi connectivity index (χ1v) is 13.6. The third-order valence-corrected chi connectivity index (χ3v) is 6.46. The van der Waals surface area contributed by atoms with Gasteiger partial charge in [0.25, 0.3) is 0 Å². The van der Waals surface area contributed by atoms with E-state index in [1.807, 2.05) is 88.4 Å². The number of hydrogen-bond acceptors (Lipinski definition) is 5. The first-order chi connectivity index (χ1) is 19.2. The molecule has 0 saturated heterocycles. The van der Waals surface area contributed by atoms with Crippen molar-refractivity contribution in [2.45, 2.75) is 52.1 Å². The van der Waals surface area contributed by atoms with Crippen LogP contribution < -0.4 is 0 Å². The highest BCUT2D eigenvalue weighted by Gasteiger charge is 2.25. The van der Waals surface area contributed by atoms with Crippen molar-refractivity contribution in [1.82, 2.24) is 0 Å². The summed E-state index contributed by atoms with van der Waals surface area (Å²) in [6.07, 6.45) is -0.743. The molecule has 0 aliphatic carbocycles. The van der Waals surface area contributed by atoms with E-state index in [1.54, 1.807) is 0 Å². The molecule has 0 bridgehead atoms. The van der Waals surface area contributed by atoms with Crippen molar-refractivity contribution >= 4 is 6.16 Å². The highest BCUT2D eigenvalue weighted by Crippen LogP contribution is 2.22. The zero-order valence-corrected chi connectivity index (χ0v) is 23.8. The van der Waals surface area contributed by atoms with E-state index in [1.165, 1.54) is 11.1 Å². The second kappa shape index (κ2) is 13.4. The number of rotatable bonds is 12. The lowest BCUT2D eigenvalue weighted by atomic mass is 10.0. The van der Waals surface area contributed by atoms with E-state index < -0.39 is 17.4 Å². The van der Waals surface area contributed by atoms with Crippen LogP contribution >= 0.6 is 0 Å². The van der Waals surface area contributed by atoms with Crippen LogP contribution in [0.15, 0.2) is 109 Å². The van der Waals surface area contributed by atoms with Gasteiger partial charge in [0.05, 0.1) is 24.4 Å². The summed E-state index contributed by atoms with van der Waals surface area (Å²) in [5.74, 6) is 0. The fraction of sp³-hybridized carbons (Fsp3) is 0.286. The molecule has 4 rings (SSSR count). The summed E-state index contributed by atoms with van der Waals surface area (Å²) in [5.41, 5.74) is 5.41. The monoisotopic (exact) mass is 538 g/mol. The average molecular weight is 539 g/mol. The summed E-state index contributed by atoms with van der Waals surface area (Å²) in [4.78, 5) is 12.3. The molecule has 0 radical (unpaired) electrons. The second-order valence-electron chi connectivity index (χ2n) is 11.0. The SMILES string of the molecule is CC(C)(COC(=O)OCC(C)(C)OCc1ccc(-c2ccccc2)cc1)OCc1ccc(-c2ccccc2)cc1. The van der Waals surface area contributed by atoms with Gasteiger partial charge in [0.2, 0.25) is 0 Å². The highest BCUT2D eigenvalue weighted by molar-refractivity contribution is 5.64. The molecular formula is C35H38O5. The van der Waals surface area contributed by atoms with E-state index in [0.717, 1.165) is 22.3 Å². The molecule has 5 nitrogen and oxygen atoms in total. The summed E-state index contributed by atoms with van der Waals surface area (Å²) in [6, 6.07) is 37.0. The minimum Gasteiger partial charge on any atom is -0.431 e. The van der Waals surface area contributed by atoms with E-state index in [0.29, 0.717) is 13.2 Å². The Labute approximate surface area is 237 Å². The smallest absolute Gasteiger partial charge is 0.431 e. The number of hydrogen-bond donors (Lipinski definition) is 0. The van der Waals surface area contributed by atoms with Gasteiger partial charge in [-0.1, -0.05) is 109 Å². The van der Waals surface area contributed by atoms with E-state index >= 15 is 0 Å². The van der Waals surface area contributed by atoms with Gasteiger partial charge in [0.15, 0.2) is 0 Å². The molecule has 0 aliphatic heterocycles. The van der Waals surface area contributed by atoms with Crippen LogP contribution in [0.4, 0.5) is 4.79 Å². The van der Waals surface area contributed by atoms with Crippen LogP contribution in [-0.4, -0.2) is 30.6 Å². The first kappa shape index (κ1) is 29.1. The molecule has 0 aliphatic rings. The fourth-order valence-corrected chi connectivity index (χ4v) is 4.00. The van der Waals surface area contributed by atoms with E-state index in [9.17, 15) is 4.79 Å². The quantitative estimate of drug-likeness (QED) is 0.169. The third kappa shape index (κ3) is 9.08. The minimum absolute atomic E-state index is 0.0724. The molecule has 0 spiro atoms. The molecule has 0 fully saturated rings. The van der Waals surface area contributed by atoms with E-state index in [4.69, 9.17) is 18.9 Å². The van der Waals surface area contributed by atoms with Crippen molar-refractivity contribution in [1.29, 1.82) is 0 Å². The van der Waals surface area contributed by atoms with Crippen molar-refractivity contribution < 1.29 is 23.7 Å². The topological polar surface area (TPSA) is 54.0 Å². The lowest BCUT2D eigenvalue weighted by Gasteiger charge is -2.27. The largest absolute Gasteiger partial charge is 0.508 e. The van der Waals surface area contributed by atoms with Crippen LogP contribution in [0.3, 0.4) is 0 Å². The van der Waals surface area contributed by atoms with Gasteiger partial charge in [-0.25, -0.2) is 4.79 Å². The van der Waals surface area contributed by atoms with E-state index in [-0.39, 0.29) is 13.2 Å². The Morgan fingerprint density at radius 1 is 0.500 bits per heavy atom. The van der Waals surface area contributed by atoms with Gasteiger partial charge in [0, 0.05) is 0 Å². The average Bonchev–Trinajstić information content (AvgIpc) is 2.99. The van der Waals surface area contributed by atoms with Crippen molar-refractivity contribution in [3.63, 3.8) is 0 Å². The molecule has 4 aromatic rings. The van der Waals surface area contributed by atoms with Crippen molar-refractivity contribution in [3.8, 4) is 22.3 Å². The Morgan fingerprint density at radius 3 is 1.18 bits per heavy atom. The Bertz CT molecular complexity index is 1220. The van der Waals surface area contributed by atoms with Gasteiger partial charge in [-0.15, -0.1) is 0 Å². The van der Waals surface area contributed by atoms with Crippen molar-refractivity contribution in [2.24, 2.45) is 0 Å². The van der Waals surface area contributed by atoms with Crippen LogP contribution in [0, 0.1) is 0 Å². The predicted octanol–water partition coefficient (Wildman–Crippen LogP) is 8.46. The van der Waals surface area contributed by atoms with Crippen LogP contribution in [-0.2, 0) is 32.2 Å². The summed E-state index contributed by atoms with van der Waals surface area (Å²) in [5, 5.41) is 0. The normalized spacial score (nSPS) is 11.7. The summed E-state index contributed by atoms with van der Waals surface area (Å²) >= 11 is 0. The maximum atomic E-state index is 12.3. The molecule has 4 aromatic carbocycles. The molecule has 0 saturated carbocycles. The van der Waals surface area contributed by atoms with Crippen molar-refractivity contribution in [3.05, 3.63) is 120 Å². The molecule has 40 heavy (non-hydrogen) atoms. The summed E-state index contributed by atoms with van der Waals surface area (Å²) in [6.45, 7) is 8.50. The number of benzene rings is 4. The molecule has 0 aromatic heterocycles. The molecular weight excluding hydrogens is 500 g/mol. The Hall–Kier alpha value is -3.93. The number of carbonyl (C=O) groups excluding carboxylic acids is 1. The lowest BCUT2D eigenvalue weighted by molar-refractivity contribution is -0.0964. The van der Waals surface area contributed by atoms with Crippen LogP contribution in [0.2, 0.25) is 0 Å². The zero-order valence-electron chi connectivity index (χ0n) is 23.8. The van der Waals surface area contributed by atoms with Crippen LogP contribution in [0.5, 0.6) is 0 Å². The Kier molecular flexibility index (Phi) is 9.75. The minimum atomic E-state index is -0.743. The van der Waals surface area contributed by atoms with Gasteiger partial charge < -0.3 is 18.9 Å². The lowest BCUT2D eigenvalue weighted by Crippen LogP contribution is -2.35. The van der Waals surface area contributed by atoms with E-state index in [2.05, 4.69) is 48.5 Å². The molecule has 0 unspecified atom stereocenters. The molecule has 0 atom stereocenters. The summed E-state index contributed by atoms with van der Waals surface area (Å²) in [7, 11) is 0. The zero-order chi connectivity index (χ0) is 28.4.